The van der Waals surface area contributed by atoms with E-state index in [1.54, 1.807) is 6.20 Å². The summed E-state index contributed by atoms with van der Waals surface area (Å²) in [6.45, 7) is 2.63. The molecule has 0 aliphatic carbocycles. The molecule has 0 amide bonds. The van der Waals surface area contributed by atoms with Gasteiger partial charge in [-0.25, -0.2) is 9.97 Å². The van der Waals surface area contributed by atoms with E-state index >= 15 is 0 Å². The van der Waals surface area contributed by atoms with Crippen molar-refractivity contribution in [3.8, 4) is 11.4 Å². The number of halogens is 1. The van der Waals surface area contributed by atoms with Crippen molar-refractivity contribution in [2.75, 3.05) is 24.5 Å². The highest BCUT2D eigenvalue weighted by molar-refractivity contribution is 6.30. The van der Waals surface area contributed by atoms with Gasteiger partial charge in [0, 0.05) is 43.7 Å². The molecule has 4 aromatic rings. The van der Waals surface area contributed by atoms with Gasteiger partial charge < -0.3 is 10.2 Å². The second-order valence-corrected chi connectivity index (χ2v) is 7.30. The number of H-pyrrole nitrogens is 1. The highest BCUT2D eigenvalue weighted by Gasteiger charge is 2.22. The van der Waals surface area contributed by atoms with E-state index in [4.69, 9.17) is 16.6 Å². The number of nitrogens with one attached hydrogen (secondary N) is 2. The minimum Gasteiger partial charge on any atom is -0.353 e. The molecule has 0 saturated carbocycles. The van der Waals surface area contributed by atoms with Gasteiger partial charge in [-0.1, -0.05) is 29.8 Å². The Labute approximate surface area is 169 Å². The molecular formula is C21H21ClN6. The van der Waals surface area contributed by atoms with Crippen molar-refractivity contribution in [1.29, 1.82) is 0 Å². The van der Waals surface area contributed by atoms with Gasteiger partial charge >= 0.3 is 0 Å². The molecule has 6 nitrogen and oxygen atoms in total. The number of aromatic nitrogens is 4. The number of piperazine rings is 1. The highest BCUT2D eigenvalue weighted by Crippen LogP contribution is 2.27. The summed E-state index contributed by atoms with van der Waals surface area (Å²) in [5, 5.41) is 12.7. The second-order valence-electron chi connectivity index (χ2n) is 6.86. The Bertz CT molecular complexity index is 1130. The number of anilines is 1. The lowest BCUT2D eigenvalue weighted by Gasteiger charge is -2.35. The number of pyridine rings is 2. The zero-order valence-corrected chi connectivity index (χ0v) is 15.9. The van der Waals surface area contributed by atoms with E-state index in [0.717, 1.165) is 47.2 Å². The average molecular weight is 393 g/mol. The molecule has 7 heteroatoms. The predicted molar refractivity (Wildman–Crippen MR) is 114 cm³/mol. The first kappa shape index (κ1) is 17.2. The van der Waals surface area contributed by atoms with Crippen LogP contribution in [0.2, 0.25) is 5.02 Å². The van der Waals surface area contributed by atoms with Crippen LogP contribution in [0.4, 0.5) is 5.82 Å². The van der Waals surface area contributed by atoms with Crippen LogP contribution in [-0.2, 0) is 0 Å². The Morgan fingerprint density at radius 3 is 2.96 bits per heavy atom. The summed E-state index contributed by atoms with van der Waals surface area (Å²) in [7, 11) is 0. The van der Waals surface area contributed by atoms with Crippen molar-refractivity contribution >= 4 is 28.5 Å². The van der Waals surface area contributed by atoms with Crippen molar-refractivity contribution in [3.05, 3.63) is 71.4 Å². The lowest BCUT2D eigenvalue weighted by Crippen LogP contribution is -2.46. The van der Waals surface area contributed by atoms with E-state index in [1.165, 1.54) is 5.56 Å². The van der Waals surface area contributed by atoms with Gasteiger partial charge in [0.05, 0.1) is 11.4 Å². The average Bonchev–Trinajstić information content (AvgIpc) is 3.18. The third kappa shape index (κ3) is 3.21. The standard InChI is InChI=1S/C21H19ClN6.H2/c22-15-5-1-4-14(12-15)18-13-28(11-10-23-18)19-8-2-7-17(25-19)20-16-6-3-9-24-21(16)27-26-20;/h1-9,12,18,23H,10-11,13H2,(H,24,26,27);1H. The summed E-state index contributed by atoms with van der Waals surface area (Å²) in [4.78, 5) is 11.5. The zero-order chi connectivity index (χ0) is 18.9. The Kier molecular flexibility index (Phi) is 4.43. The summed E-state index contributed by atoms with van der Waals surface area (Å²) in [6.07, 6.45) is 1.74. The van der Waals surface area contributed by atoms with Crippen LogP contribution in [-0.4, -0.2) is 39.8 Å². The number of fused-ring (bicyclic) bond motifs is 1. The molecule has 4 heterocycles. The highest BCUT2D eigenvalue weighted by atomic mass is 35.5. The van der Waals surface area contributed by atoms with Crippen LogP contribution in [0.5, 0.6) is 0 Å². The van der Waals surface area contributed by atoms with Crippen LogP contribution in [0.15, 0.2) is 60.8 Å². The van der Waals surface area contributed by atoms with Gasteiger partial charge in [0.2, 0.25) is 0 Å². The van der Waals surface area contributed by atoms with Crippen LogP contribution < -0.4 is 10.2 Å². The van der Waals surface area contributed by atoms with E-state index in [0.29, 0.717) is 5.65 Å². The largest absolute Gasteiger partial charge is 0.353 e. The Balaban J connectivity index is 0.00000205. The van der Waals surface area contributed by atoms with Crippen LogP contribution in [0, 0.1) is 0 Å². The fraction of sp³-hybridized carbons (Fsp3) is 0.190. The Hall–Kier alpha value is -2.96. The van der Waals surface area contributed by atoms with Crippen LogP contribution in [0.25, 0.3) is 22.4 Å². The normalized spacial score (nSPS) is 17.2. The van der Waals surface area contributed by atoms with E-state index in [2.05, 4.69) is 37.5 Å². The summed E-state index contributed by atoms with van der Waals surface area (Å²) in [5.74, 6) is 0.956. The number of benzene rings is 1. The molecule has 5 rings (SSSR count). The quantitative estimate of drug-likeness (QED) is 0.550. The van der Waals surface area contributed by atoms with E-state index in [9.17, 15) is 0 Å². The lowest BCUT2D eigenvalue weighted by molar-refractivity contribution is 0.470. The van der Waals surface area contributed by atoms with Crippen LogP contribution in [0.3, 0.4) is 0 Å². The minimum absolute atomic E-state index is 0. The van der Waals surface area contributed by atoms with E-state index < -0.39 is 0 Å². The van der Waals surface area contributed by atoms with Crippen molar-refractivity contribution < 1.29 is 1.43 Å². The van der Waals surface area contributed by atoms with Crippen LogP contribution >= 0.6 is 11.6 Å². The van der Waals surface area contributed by atoms with Crippen molar-refractivity contribution in [2.45, 2.75) is 6.04 Å². The smallest absolute Gasteiger partial charge is 0.181 e. The molecule has 1 unspecified atom stereocenters. The minimum atomic E-state index is 0. The Morgan fingerprint density at radius 1 is 1.11 bits per heavy atom. The predicted octanol–water partition coefficient (Wildman–Crippen LogP) is 4.07. The summed E-state index contributed by atoms with van der Waals surface area (Å²) in [6, 6.07) is 18.3. The van der Waals surface area contributed by atoms with Crippen molar-refractivity contribution in [2.24, 2.45) is 0 Å². The number of rotatable bonds is 3. The molecule has 0 spiro atoms. The van der Waals surface area contributed by atoms with Crippen molar-refractivity contribution in [3.63, 3.8) is 0 Å². The SMILES string of the molecule is Clc1cccc(C2CN(c3cccc(-c4[nH]nc5ncccc45)n3)CCN2)c1.[HH]. The molecule has 28 heavy (non-hydrogen) atoms. The maximum Gasteiger partial charge on any atom is 0.181 e. The molecule has 0 bridgehead atoms. The molecule has 2 N–H and O–H groups in total. The molecule has 1 saturated heterocycles. The fourth-order valence-electron chi connectivity index (χ4n) is 3.69. The monoisotopic (exact) mass is 392 g/mol. The zero-order valence-electron chi connectivity index (χ0n) is 15.1. The van der Waals surface area contributed by atoms with Gasteiger partial charge in [0.15, 0.2) is 5.65 Å². The molecule has 1 aromatic carbocycles. The van der Waals surface area contributed by atoms with Gasteiger partial charge in [0.25, 0.3) is 0 Å². The first-order valence-electron chi connectivity index (χ1n) is 9.28. The molecule has 1 aliphatic rings. The van der Waals surface area contributed by atoms with Gasteiger partial charge in [-0.3, -0.25) is 5.10 Å². The summed E-state index contributed by atoms with van der Waals surface area (Å²) in [5.41, 5.74) is 3.66. The molecule has 3 aromatic heterocycles. The summed E-state index contributed by atoms with van der Waals surface area (Å²) < 4.78 is 0. The lowest BCUT2D eigenvalue weighted by atomic mass is 10.0. The molecular weight excluding hydrogens is 372 g/mol. The third-order valence-electron chi connectivity index (χ3n) is 5.07. The summed E-state index contributed by atoms with van der Waals surface area (Å²) >= 11 is 6.17. The maximum atomic E-state index is 6.17. The molecule has 0 radical (unpaired) electrons. The number of hydrogen-bond acceptors (Lipinski definition) is 5. The molecule has 142 valence electrons. The van der Waals surface area contributed by atoms with Gasteiger partial charge in [-0.05, 0) is 42.0 Å². The topological polar surface area (TPSA) is 69.7 Å². The maximum absolute atomic E-state index is 6.17. The number of aromatic amines is 1. The number of hydrogen-bond donors (Lipinski definition) is 2. The van der Waals surface area contributed by atoms with Crippen molar-refractivity contribution in [1.82, 2.24) is 25.5 Å². The number of nitrogens with zero attached hydrogens (tertiary/aromatic N) is 4. The Morgan fingerprint density at radius 2 is 2.04 bits per heavy atom. The van der Waals surface area contributed by atoms with Gasteiger partial charge in [0.1, 0.15) is 5.82 Å². The van der Waals surface area contributed by atoms with Gasteiger partial charge in [-0.15, -0.1) is 0 Å². The van der Waals surface area contributed by atoms with E-state index in [-0.39, 0.29) is 7.47 Å². The fourth-order valence-corrected chi connectivity index (χ4v) is 3.89. The first-order chi connectivity index (χ1) is 13.8. The third-order valence-corrected chi connectivity index (χ3v) is 5.31. The second kappa shape index (κ2) is 7.22. The first-order valence-corrected chi connectivity index (χ1v) is 9.66. The van der Waals surface area contributed by atoms with Gasteiger partial charge in [-0.2, -0.15) is 5.10 Å². The van der Waals surface area contributed by atoms with E-state index in [1.807, 2.05) is 42.5 Å². The van der Waals surface area contributed by atoms with Crippen LogP contribution in [0.1, 0.15) is 13.0 Å². The molecule has 1 atom stereocenters. The molecule has 1 aliphatic heterocycles. The molecule has 1 fully saturated rings.